The summed E-state index contributed by atoms with van der Waals surface area (Å²) in [7, 11) is -3.19. The van der Waals surface area contributed by atoms with Crippen molar-refractivity contribution in [2.45, 2.75) is 37.7 Å². The van der Waals surface area contributed by atoms with Crippen molar-refractivity contribution >= 4 is 10.0 Å². The summed E-state index contributed by atoms with van der Waals surface area (Å²) in [5.74, 6) is -0.666. The SMILES string of the molecule is CC(C)S(=O)(=O)N1CCCC2(C1)OCCO2. The Labute approximate surface area is 96.8 Å². The minimum absolute atomic E-state index is 0.341. The second kappa shape index (κ2) is 4.25. The molecule has 0 aromatic rings. The van der Waals surface area contributed by atoms with E-state index in [1.807, 2.05) is 0 Å². The van der Waals surface area contributed by atoms with Crippen molar-refractivity contribution in [3.8, 4) is 0 Å². The van der Waals surface area contributed by atoms with Gasteiger partial charge in [0, 0.05) is 13.0 Å². The number of nitrogens with zero attached hydrogens (tertiary/aromatic N) is 1. The molecule has 0 unspecified atom stereocenters. The van der Waals surface area contributed by atoms with Crippen molar-refractivity contribution < 1.29 is 17.9 Å². The van der Waals surface area contributed by atoms with E-state index in [2.05, 4.69) is 0 Å². The van der Waals surface area contributed by atoms with Crippen LogP contribution in [0.15, 0.2) is 0 Å². The van der Waals surface area contributed by atoms with Crippen molar-refractivity contribution in [2.24, 2.45) is 0 Å². The Morgan fingerprint density at radius 3 is 2.44 bits per heavy atom. The Hall–Kier alpha value is -0.170. The van der Waals surface area contributed by atoms with Gasteiger partial charge in [-0.05, 0) is 20.3 Å². The molecule has 2 heterocycles. The van der Waals surface area contributed by atoms with Gasteiger partial charge in [0.05, 0.1) is 25.0 Å². The molecule has 94 valence electrons. The zero-order valence-corrected chi connectivity index (χ0v) is 10.6. The smallest absolute Gasteiger partial charge is 0.216 e. The van der Waals surface area contributed by atoms with Crippen LogP contribution in [0.2, 0.25) is 0 Å². The summed E-state index contributed by atoms with van der Waals surface area (Å²) in [6, 6.07) is 0. The summed E-state index contributed by atoms with van der Waals surface area (Å²) in [6.07, 6.45) is 1.59. The summed E-state index contributed by atoms with van der Waals surface area (Å²) in [5.41, 5.74) is 0. The van der Waals surface area contributed by atoms with E-state index < -0.39 is 15.8 Å². The average molecular weight is 249 g/mol. The van der Waals surface area contributed by atoms with Gasteiger partial charge in [-0.3, -0.25) is 0 Å². The van der Waals surface area contributed by atoms with Crippen LogP contribution in [0.25, 0.3) is 0 Å². The third-order valence-corrected chi connectivity index (χ3v) is 5.37. The molecule has 0 radical (unpaired) electrons. The van der Waals surface area contributed by atoms with Crippen LogP contribution in [0, 0.1) is 0 Å². The number of rotatable bonds is 2. The molecule has 2 rings (SSSR count). The number of ether oxygens (including phenoxy) is 2. The van der Waals surface area contributed by atoms with Gasteiger partial charge in [-0.2, -0.15) is 4.31 Å². The summed E-state index contributed by atoms with van der Waals surface area (Å²) in [4.78, 5) is 0. The lowest BCUT2D eigenvalue weighted by Crippen LogP contribution is -2.52. The van der Waals surface area contributed by atoms with Crippen LogP contribution in [-0.2, 0) is 19.5 Å². The molecule has 0 aromatic heterocycles. The quantitative estimate of drug-likeness (QED) is 0.717. The molecule has 0 aromatic carbocycles. The Bertz CT molecular complexity index is 346. The van der Waals surface area contributed by atoms with E-state index >= 15 is 0 Å². The number of hydrogen-bond acceptors (Lipinski definition) is 4. The monoisotopic (exact) mass is 249 g/mol. The van der Waals surface area contributed by atoms with Gasteiger partial charge in [0.15, 0.2) is 5.79 Å². The first-order chi connectivity index (χ1) is 7.46. The fourth-order valence-corrected chi connectivity index (χ4v) is 3.56. The molecule has 2 saturated heterocycles. The first-order valence-corrected chi connectivity index (χ1v) is 7.23. The summed E-state index contributed by atoms with van der Waals surface area (Å²) < 4.78 is 36.7. The highest BCUT2D eigenvalue weighted by Crippen LogP contribution is 2.31. The van der Waals surface area contributed by atoms with E-state index in [-0.39, 0.29) is 5.25 Å². The van der Waals surface area contributed by atoms with Gasteiger partial charge in [0.2, 0.25) is 10.0 Å². The standard InChI is InChI=1S/C10H19NO4S/c1-9(2)16(12,13)11-5-3-4-10(8-11)14-6-7-15-10/h9H,3-8H2,1-2H3. The summed E-state index contributed by atoms with van der Waals surface area (Å²) in [5, 5.41) is -0.385. The largest absolute Gasteiger partial charge is 0.346 e. The Morgan fingerprint density at radius 1 is 1.25 bits per heavy atom. The molecule has 0 amide bonds. The number of sulfonamides is 1. The average Bonchev–Trinajstić information content (AvgIpc) is 2.66. The van der Waals surface area contributed by atoms with Gasteiger partial charge in [-0.1, -0.05) is 0 Å². The number of hydrogen-bond donors (Lipinski definition) is 0. The van der Waals surface area contributed by atoms with Crippen LogP contribution in [0.3, 0.4) is 0 Å². The Morgan fingerprint density at radius 2 is 1.88 bits per heavy atom. The molecule has 5 nitrogen and oxygen atoms in total. The third-order valence-electron chi connectivity index (χ3n) is 3.15. The van der Waals surface area contributed by atoms with E-state index in [1.165, 1.54) is 4.31 Å². The molecule has 1 spiro atoms. The van der Waals surface area contributed by atoms with Crippen LogP contribution in [-0.4, -0.2) is 50.1 Å². The molecule has 16 heavy (non-hydrogen) atoms. The zero-order chi connectivity index (χ0) is 11.8. The lowest BCUT2D eigenvalue weighted by Gasteiger charge is -2.38. The van der Waals surface area contributed by atoms with Gasteiger partial charge in [0.25, 0.3) is 0 Å². The lowest BCUT2D eigenvalue weighted by molar-refractivity contribution is -0.179. The highest BCUT2D eigenvalue weighted by atomic mass is 32.2. The van der Waals surface area contributed by atoms with Crippen LogP contribution in [0.1, 0.15) is 26.7 Å². The van der Waals surface area contributed by atoms with Crippen molar-refractivity contribution in [1.29, 1.82) is 0 Å². The number of piperidine rings is 1. The molecule has 2 aliphatic heterocycles. The second-order valence-electron chi connectivity index (χ2n) is 4.64. The maximum absolute atomic E-state index is 12.0. The van der Waals surface area contributed by atoms with Gasteiger partial charge in [-0.25, -0.2) is 8.42 Å². The highest BCUT2D eigenvalue weighted by Gasteiger charge is 2.44. The van der Waals surface area contributed by atoms with E-state index in [4.69, 9.17) is 9.47 Å². The van der Waals surface area contributed by atoms with Crippen LogP contribution in [0.5, 0.6) is 0 Å². The molecule has 0 bridgehead atoms. The van der Waals surface area contributed by atoms with Crippen molar-refractivity contribution in [2.75, 3.05) is 26.3 Å². The van der Waals surface area contributed by atoms with E-state index in [0.717, 1.165) is 12.8 Å². The van der Waals surface area contributed by atoms with Gasteiger partial charge in [0.1, 0.15) is 0 Å². The van der Waals surface area contributed by atoms with Gasteiger partial charge < -0.3 is 9.47 Å². The second-order valence-corrected chi connectivity index (χ2v) is 7.13. The molecular formula is C10H19NO4S. The molecule has 6 heteroatoms. The maximum Gasteiger partial charge on any atom is 0.216 e. The predicted octanol–water partition coefficient (Wildman–Crippen LogP) is 0.563. The van der Waals surface area contributed by atoms with E-state index in [9.17, 15) is 8.42 Å². The van der Waals surface area contributed by atoms with Gasteiger partial charge in [-0.15, -0.1) is 0 Å². The highest BCUT2D eigenvalue weighted by molar-refractivity contribution is 7.89. The predicted molar refractivity (Wildman–Crippen MR) is 59.5 cm³/mol. The zero-order valence-electron chi connectivity index (χ0n) is 9.81. The topological polar surface area (TPSA) is 55.8 Å². The molecule has 2 fully saturated rings. The summed E-state index contributed by atoms with van der Waals surface area (Å²) >= 11 is 0. The van der Waals surface area contributed by atoms with E-state index in [1.54, 1.807) is 13.8 Å². The Balaban J connectivity index is 2.13. The molecule has 0 atom stereocenters. The molecule has 0 N–H and O–H groups in total. The summed E-state index contributed by atoms with van der Waals surface area (Å²) in [6.45, 7) is 5.45. The Kier molecular flexibility index (Phi) is 3.27. The van der Waals surface area contributed by atoms with Crippen molar-refractivity contribution in [3.05, 3.63) is 0 Å². The first-order valence-electron chi connectivity index (χ1n) is 5.73. The minimum Gasteiger partial charge on any atom is -0.346 e. The fraction of sp³-hybridized carbons (Fsp3) is 1.00. The fourth-order valence-electron chi connectivity index (χ4n) is 2.20. The molecular weight excluding hydrogens is 230 g/mol. The molecule has 0 aliphatic carbocycles. The van der Waals surface area contributed by atoms with Crippen LogP contribution < -0.4 is 0 Å². The molecule has 0 saturated carbocycles. The van der Waals surface area contributed by atoms with Crippen molar-refractivity contribution in [1.82, 2.24) is 4.31 Å². The van der Waals surface area contributed by atoms with Crippen molar-refractivity contribution in [3.63, 3.8) is 0 Å². The third kappa shape index (κ3) is 2.11. The maximum atomic E-state index is 12.0. The normalized spacial score (nSPS) is 26.7. The van der Waals surface area contributed by atoms with Crippen LogP contribution in [0.4, 0.5) is 0 Å². The van der Waals surface area contributed by atoms with Crippen LogP contribution >= 0.6 is 0 Å². The first kappa shape index (κ1) is 12.3. The van der Waals surface area contributed by atoms with Gasteiger partial charge >= 0.3 is 0 Å². The molecule has 2 aliphatic rings. The van der Waals surface area contributed by atoms with E-state index in [0.29, 0.717) is 26.3 Å². The lowest BCUT2D eigenvalue weighted by atomic mass is 10.1. The minimum atomic E-state index is -3.19.